The molecule has 2 heterocycles. The number of carbonyl (C=O) groups is 2. The van der Waals surface area contributed by atoms with Crippen molar-refractivity contribution < 1.29 is 96.3 Å². The van der Waals surface area contributed by atoms with Crippen LogP contribution in [0.1, 0.15) is 38.5 Å². The number of ketones is 2. The second kappa shape index (κ2) is 10.8. The molecule has 0 spiro atoms. The standard InChI is InChI=1S/C16H22N2O8S2.2Na/c19-15-9-5-7(27-26-25-21)1-3-11(9)17-13(15)14-16(20)10-6-8(28(22,23)24)2-4-12(10)18-14;;/h7-12,17-18,21H,1-6H2,(H,22,23,24);;/q;2*+1/p-2/b14-13+;;. The number of hydrogen-bond donors (Lipinski definition) is 2. The molecule has 0 aromatic heterocycles. The molecule has 2 aliphatic carbocycles. The predicted octanol–water partition coefficient (Wildman–Crippen LogP) is -6.96. The summed E-state index contributed by atoms with van der Waals surface area (Å²) in [6.07, 6.45) is 2.51. The summed E-state index contributed by atoms with van der Waals surface area (Å²) >= 11 is 0.901. The number of rotatable bonds is 4. The van der Waals surface area contributed by atoms with E-state index < -0.39 is 21.3 Å². The van der Waals surface area contributed by atoms with E-state index >= 15 is 0 Å². The van der Waals surface area contributed by atoms with Gasteiger partial charge in [0.25, 0.3) is 0 Å². The van der Waals surface area contributed by atoms with Gasteiger partial charge in [-0.05, 0) is 38.5 Å². The Kier molecular flexibility index (Phi) is 9.77. The Morgan fingerprint density at radius 1 is 0.900 bits per heavy atom. The van der Waals surface area contributed by atoms with Gasteiger partial charge in [-0.3, -0.25) is 14.6 Å². The zero-order chi connectivity index (χ0) is 20.1. The van der Waals surface area contributed by atoms with Crippen molar-refractivity contribution in [1.82, 2.24) is 10.6 Å². The van der Waals surface area contributed by atoms with Gasteiger partial charge in [-0.2, -0.15) is 4.33 Å². The Bertz CT molecular complexity index is 824. The fourth-order valence-electron chi connectivity index (χ4n) is 4.88. The first-order chi connectivity index (χ1) is 13.3. The van der Waals surface area contributed by atoms with Crippen molar-refractivity contribution in [2.24, 2.45) is 11.8 Å². The summed E-state index contributed by atoms with van der Waals surface area (Å²) in [7, 11) is -4.44. The van der Waals surface area contributed by atoms with E-state index in [1.165, 1.54) is 0 Å². The topological polar surface area (TPSA) is 157 Å². The summed E-state index contributed by atoms with van der Waals surface area (Å²) in [5, 5.41) is 18.5. The molecule has 4 aliphatic rings. The largest absolute Gasteiger partial charge is 1.00 e. The van der Waals surface area contributed by atoms with E-state index in [9.17, 15) is 27.8 Å². The van der Waals surface area contributed by atoms with Gasteiger partial charge >= 0.3 is 59.1 Å². The van der Waals surface area contributed by atoms with Crippen LogP contribution >= 0.6 is 12.0 Å². The molecule has 6 unspecified atom stereocenters. The van der Waals surface area contributed by atoms with Gasteiger partial charge in [0, 0.05) is 41.2 Å². The predicted molar refractivity (Wildman–Crippen MR) is 92.6 cm³/mol. The monoisotopic (exact) mass is 478 g/mol. The van der Waals surface area contributed by atoms with Crippen LogP contribution in [-0.2, 0) is 29.1 Å². The van der Waals surface area contributed by atoms with Gasteiger partial charge in [0.1, 0.15) is 11.4 Å². The summed E-state index contributed by atoms with van der Waals surface area (Å²) in [6, 6.07) is -0.344. The van der Waals surface area contributed by atoms with Gasteiger partial charge < -0.3 is 20.4 Å². The smallest absolute Gasteiger partial charge is 0.748 e. The average Bonchev–Trinajstić information content (AvgIpc) is 3.16. The molecular weight excluding hydrogens is 458 g/mol. The fraction of sp³-hybridized carbons (Fsp3) is 0.750. The van der Waals surface area contributed by atoms with E-state index in [0.29, 0.717) is 19.3 Å². The Balaban J connectivity index is 0.00000160. The van der Waals surface area contributed by atoms with Gasteiger partial charge in [-0.25, -0.2) is 8.42 Å². The zero-order valence-corrected chi connectivity index (χ0v) is 22.4. The molecule has 2 N–H and O–H groups in total. The van der Waals surface area contributed by atoms with Crippen LogP contribution in [0.15, 0.2) is 11.4 Å². The molecule has 0 aromatic carbocycles. The molecule has 6 atom stereocenters. The minimum Gasteiger partial charge on any atom is -0.748 e. The Labute approximate surface area is 223 Å². The van der Waals surface area contributed by atoms with Gasteiger partial charge in [0.15, 0.2) is 11.6 Å². The first-order valence-electron chi connectivity index (χ1n) is 9.22. The third-order valence-electron chi connectivity index (χ3n) is 6.29. The quantitative estimate of drug-likeness (QED) is 0.0988. The second-order valence-corrected chi connectivity index (χ2v) is 10.4. The molecule has 4 rings (SSSR count). The molecule has 0 aromatic rings. The summed E-state index contributed by atoms with van der Waals surface area (Å²) in [6.45, 7) is 0. The van der Waals surface area contributed by atoms with Crippen molar-refractivity contribution >= 4 is 33.7 Å². The molecule has 2 aliphatic heterocycles. The minimum absolute atomic E-state index is 0. The normalized spacial score (nSPS) is 37.9. The van der Waals surface area contributed by atoms with Crippen LogP contribution in [0.4, 0.5) is 0 Å². The number of carbonyl (C=O) groups excluding carboxylic acids is 2. The first-order valence-corrected chi connectivity index (χ1v) is 11.5. The van der Waals surface area contributed by atoms with Crippen molar-refractivity contribution in [2.45, 2.75) is 61.1 Å². The van der Waals surface area contributed by atoms with Crippen molar-refractivity contribution in [3.63, 3.8) is 0 Å². The summed E-state index contributed by atoms with van der Waals surface area (Å²) in [4.78, 5) is 25.8. The molecule has 0 bridgehead atoms. The molecule has 156 valence electrons. The van der Waals surface area contributed by atoms with Crippen LogP contribution in [0.25, 0.3) is 0 Å². The van der Waals surface area contributed by atoms with Crippen molar-refractivity contribution in [1.29, 1.82) is 0 Å². The van der Waals surface area contributed by atoms with E-state index in [0.717, 1.165) is 18.5 Å². The Hall–Kier alpha value is 0.820. The van der Waals surface area contributed by atoms with Crippen LogP contribution in [0.3, 0.4) is 0 Å². The SMILES string of the molecule is O=C1/C(=C2\NC3CCC(S(=O)(=O)[O-])CC3C2=O)NC2CCC(SOO[O-])CC12.[Na+].[Na+]. The third kappa shape index (κ3) is 5.31. The summed E-state index contributed by atoms with van der Waals surface area (Å²) < 4.78 is 38.4. The van der Waals surface area contributed by atoms with Gasteiger partial charge in [-0.15, -0.1) is 0 Å². The maximum atomic E-state index is 12.9. The Morgan fingerprint density at radius 2 is 1.43 bits per heavy atom. The number of Topliss-reactive ketones (excluding diaryl/α,β-unsaturated/α-hetero) is 2. The van der Waals surface area contributed by atoms with Gasteiger partial charge in [0.2, 0.25) is 0 Å². The van der Waals surface area contributed by atoms with Crippen LogP contribution in [0, 0.1) is 11.8 Å². The van der Waals surface area contributed by atoms with E-state index in [1.807, 2.05) is 0 Å². The molecule has 4 fully saturated rings. The average molecular weight is 478 g/mol. The van der Waals surface area contributed by atoms with Crippen molar-refractivity contribution in [3.05, 3.63) is 11.4 Å². The maximum Gasteiger partial charge on any atom is 1.00 e. The van der Waals surface area contributed by atoms with Crippen molar-refractivity contribution in [2.75, 3.05) is 0 Å². The van der Waals surface area contributed by atoms with Crippen LogP contribution in [0.5, 0.6) is 0 Å². The molecule has 2 saturated heterocycles. The number of hydrogen-bond acceptors (Lipinski definition) is 11. The molecule has 0 amide bonds. The number of fused-ring (bicyclic) bond motifs is 2. The fourth-order valence-corrected chi connectivity index (χ4v) is 6.41. The summed E-state index contributed by atoms with van der Waals surface area (Å²) in [5.41, 5.74) is 0.462. The zero-order valence-electron chi connectivity index (χ0n) is 16.8. The Morgan fingerprint density at radius 3 is 1.97 bits per heavy atom. The molecule has 30 heavy (non-hydrogen) atoms. The number of nitrogens with one attached hydrogen (secondary N) is 2. The summed E-state index contributed by atoms with van der Waals surface area (Å²) in [5.74, 6) is -1.40. The van der Waals surface area contributed by atoms with E-state index in [2.05, 4.69) is 20.0 Å². The third-order valence-corrected chi connectivity index (χ3v) is 8.37. The molecule has 0 radical (unpaired) electrons. The van der Waals surface area contributed by atoms with Crippen LogP contribution in [0.2, 0.25) is 0 Å². The second-order valence-electron chi connectivity index (χ2n) is 7.79. The first kappa shape index (κ1) is 27.1. The van der Waals surface area contributed by atoms with Crippen LogP contribution < -0.4 is 75.0 Å². The molecule has 2 saturated carbocycles. The minimum atomic E-state index is -4.44. The molecule has 14 heteroatoms. The van der Waals surface area contributed by atoms with E-state index in [-0.39, 0.29) is 118 Å². The van der Waals surface area contributed by atoms with Crippen LogP contribution in [-0.4, -0.2) is 47.1 Å². The van der Waals surface area contributed by atoms with Gasteiger partial charge in [0.05, 0.1) is 15.4 Å². The van der Waals surface area contributed by atoms with Gasteiger partial charge in [-0.1, -0.05) is 0 Å². The van der Waals surface area contributed by atoms with Crippen molar-refractivity contribution in [3.8, 4) is 0 Å². The molecule has 10 nitrogen and oxygen atoms in total. The molecular formula is C16H20N2Na2O8S2. The van der Waals surface area contributed by atoms with E-state index in [4.69, 9.17) is 0 Å². The van der Waals surface area contributed by atoms with E-state index in [1.54, 1.807) is 0 Å². The maximum absolute atomic E-state index is 12.9. The number of allylic oxidation sites excluding steroid dienone is 2.